The monoisotopic (exact) mass is 474 g/mol. The quantitative estimate of drug-likeness (QED) is 0.387. The SMILES string of the molecule is [CH2]C1CCN(Cc2cc3cc(-n4c(O)nnc4-c4cc(C(C)C)c(O)cc4O)ccc3n2C)CC1. The van der Waals surface area contributed by atoms with Crippen LogP contribution in [0.5, 0.6) is 17.5 Å². The number of likely N-dealkylation sites (tertiary alicyclic amines) is 1. The number of hydrogen-bond donors (Lipinski definition) is 3. The maximum absolute atomic E-state index is 10.6. The highest BCUT2D eigenvalue weighted by Gasteiger charge is 2.22. The molecule has 0 aliphatic carbocycles. The Morgan fingerprint density at radius 1 is 1.00 bits per heavy atom. The van der Waals surface area contributed by atoms with Crippen LogP contribution in [0.1, 0.15) is 43.9 Å². The van der Waals surface area contributed by atoms with E-state index in [2.05, 4.69) is 39.7 Å². The molecule has 0 saturated carbocycles. The van der Waals surface area contributed by atoms with E-state index < -0.39 is 0 Å². The molecule has 8 nitrogen and oxygen atoms in total. The molecule has 5 rings (SSSR count). The number of aryl methyl sites for hydroxylation is 1. The fourth-order valence-corrected chi connectivity index (χ4v) is 4.98. The Morgan fingerprint density at radius 2 is 1.74 bits per heavy atom. The Balaban J connectivity index is 1.54. The van der Waals surface area contributed by atoms with Crippen molar-refractivity contribution in [3.63, 3.8) is 0 Å². The Labute approximate surface area is 205 Å². The van der Waals surface area contributed by atoms with Crippen molar-refractivity contribution in [1.82, 2.24) is 24.2 Å². The maximum Gasteiger partial charge on any atom is 0.319 e. The summed E-state index contributed by atoms with van der Waals surface area (Å²) in [6, 6.07) is 10.8. The second kappa shape index (κ2) is 8.92. The van der Waals surface area contributed by atoms with Gasteiger partial charge in [0.1, 0.15) is 11.5 Å². The number of piperidine rings is 1. The molecule has 2 aromatic heterocycles. The zero-order valence-corrected chi connectivity index (χ0v) is 20.4. The number of aromatic nitrogens is 4. The van der Waals surface area contributed by atoms with Crippen LogP contribution in [0.4, 0.5) is 0 Å². The van der Waals surface area contributed by atoms with Gasteiger partial charge in [0.15, 0.2) is 5.82 Å². The highest BCUT2D eigenvalue weighted by atomic mass is 16.3. The summed E-state index contributed by atoms with van der Waals surface area (Å²) in [6.07, 6.45) is 2.26. The first-order chi connectivity index (χ1) is 16.7. The minimum absolute atomic E-state index is 0.0224. The van der Waals surface area contributed by atoms with E-state index in [1.54, 1.807) is 6.07 Å². The van der Waals surface area contributed by atoms with Crippen LogP contribution in [-0.4, -0.2) is 52.6 Å². The van der Waals surface area contributed by atoms with Crippen molar-refractivity contribution in [3.05, 3.63) is 54.6 Å². The average Bonchev–Trinajstić information content (AvgIpc) is 3.34. The van der Waals surface area contributed by atoms with Crippen molar-refractivity contribution >= 4 is 10.9 Å². The molecule has 4 aromatic rings. The zero-order valence-electron chi connectivity index (χ0n) is 20.4. The highest BCUT2D eigenvalue weighted by Crippen LogP contribution is 2.39. The maximum atomic E-state index is 10.6. The number of benzene rings is 2. The minimum Gasteiger partial charge on any atom is -0.508 e. The molecule has 0 spiro atoms. The van der Waals surface area contributed by atoms with Gasteiger partial charge in [-0.25, -0.2) is 4.57 Å². The summed E-state index contributed by atoms with van der Waals surface area (Å²) in [4.78, 5) is 2.47. The van der Waals surface area contributed by atoms with Gasteiger partial charge < -0.3 is 19.9 Å². The molecule has 1 radical (unpaired) electrons. The highest BCUT2D eigenvalue weighted by molar-refractivity contribution is 5.84. The summed E-state index contributed by atoms with van der Waals surface area (Å²) < 4.78 is 3.73. The minimum atomic E-state index is -0.273. The molecule has 0 amide bonds. The van der Waals surface area contributed by atoms with Crippen LogP contribution >= 0.6 is 0 Å². The van der Waals surface area contributed by atoms with Crippen molar-refractivity contribution < 1.29 is 15.3 Å². The zero-order chi connectivity index (χ0) is 24.9. The molecule has 0 atom stereocenters. The lowest BCUT2D eigenvalue weighted by molar-refractivity contribution is 0.191. The Hall–Kier alpha value is -3.52. The van der Waals surface area contributed by atoms with Crippen LogP contribution in [0.2, 0.25) is 0 Å². The van der Waals surface area contributed by atoms with Crippen molar-refractivity contribution in [2.45, 2.75) is 39.2 Å². The molecule has 1 aliphatic rings. The van der Waals surface area contributed by atoms with Crippen LogP contribution in [0, 0.1) is 12.8 Å². The first kappa shape index (κ1) is 23.2. The normalized spacial score (nSPS) is 15.5. The van der Waals surface area contributed by atoms with Gasteiger partial charge >= 0.3 is 6.01 Å². The number of aromatic hydroxyl groups is 3. The summed E-state index contributed by atoms with van der Waals surface area (Å²) in [6.45, 7) is 11.1. The predicted octanol–water partition coefficient (Wildman–Crippen LogP) is 4.71. The van der Waals surface area contributed by atoms with Gasteiger partial charge in [0.25, 0.3) is 0 Å². The van der Waals surface area contributed by atoms with E-state index in [4.69, 9.17) is 0 Å². The lowest BCUT2D eigenvalue weighted by Crippen LogP contribution is -2.32. The molecular weight excluding hydrogens is 442 g/mol. The third-order valence-corrected chi connectivity index (χ3v) is 7.13. The first-order valence-corrected chi connectivity index (χ1v) is 12.1. The van der Waals surface area contributed by atoms with E-state index in [0.717, 1.165) is 43.4 Å². The lowest BCUT2D eigenvalue weighted by atomic mass is 9.98. The molecular formula is C27H32N5O3. The Kier molecular flexibility index (Phi) is 5.92. The van der Waals surface area contributed by atoms with Gasteiger partial charge in [-0.3, -0.25) is 4.90 Å². The first-order valence-electron chi connectivity index (χ1n) is 12.1. The topological polar surface area (TPSA) is 99.6 Å². The van der Waals surface area contributed by atoms with E-state index in [-0.39, 0.29) is 23.4 Å². The average molecular weight is 475 g/mol. The van der Waals surface area contributed by atoms with Gasteiger partial charge in [-0.05, 0) is 73.7 Å². The van der Waals surface area contributed by atoms with Crippen LogP contribution < -0.4 is 0 Å². The smallest absolute Gasteiger partial charge is 0.319 e. The predicted molar refractivity (Wildman–Crippen MR) is 136 cm³/mol. The van der Waals surface area contributed by atoms with Gasteiger partial charge in [0.05, 0.1) is 11.3 Å². The number of nitrogens with zero attached hydrogens (tertiary/aromatic N) is 5. The van der Waals surface area contributed by atoms with Gasteiger partial charge in [-0.15, -0.1) is 5.10 Å². The number of rotatable bonds is 5. The van der Waals surface area contributed by atoms with Crippen molar-refractivity contribution in [2.75, 3.05) is 13.1 Å². The summed E-state index contributed by atoms with van der Waals surface area (Å²) in [7, 11) is 2.08. The molecule has 1 fully saturated rings. The molecule has 2 aromatic carbocycles. The van der Waals surface area contributed by atoms with Crippen molar-refractivity contribution in [1.29, 1.82) is 0 Å². The van der Waals surface area contributed by atoms with E-state index in [1.807, 2.05) is 32.0 Å². The second-order valence-corrected chi connectivity index (χ2v) is 9.90. The molecule has 8 heteroatoms. The molecule has 1 saturated heterocycles. The largest absolute Gasteiger partial charge is 0.508 e. The van der Waals surface area contributed by atoms with E-state index in [9.17, 15) is 15.3 Å². The van der Waals surface area contributed by atoms with Gasteiger partial charge in [-0.1, -0.05) is 25.9 Å². The van der Waals surface area contributed by atoms with Crippen LogP contribution in [0.15, 0.2) is 36.4 Å². The van der Waals surface area contributed by atoms with Crippen LogP contribution in [-0.2, 0) is 13.6 Å². The molecule has 0 unspecified atom stereocenters. The number of phenols is 2. The number of phenolic OH excluding ortho intramolecular Hbond substituents is 2. The van der Waals surface area contributed by atoms with E-state index >= 15 is 0 Å². The molecule has 1 aliphatic heterocycles. The number of fused-ring (bicyclic) bond motifs is 1. The Morgan fingerprint density at radius 3 is 2.46 bits per heavy atom. The van der Waals surface area contributed by atoms with E-state index in [0.29, 0.717) is 28.6 Å². The third-order valence-electron chi connectivity index (χ3n) is 7.13. The molecule has 0 bridgehead atoms. The summed E-state index contributed by atoms with van der Waals surface area (Å²) in [5, 5.41) is 40.5. The molecule has 183 valence electrons. The molecule has 3 N–H and O–H groups in total. The van der Waals surface area contributed by atoms with Crippen molar-refractivity contribution in [3.8, 4) is 34.6 Å². The third kappa shape index (κ3) is 4.23. The van der Waals surface area contributed by atoms with Crippen LogP contribution in [0.3, 0.4) is 0 Å². The van der Waals surface area contributed by atoms with Gasteiger partial charge in [0, 0.05) is 36.3 Å². The number of hydrogen-bond acceptors (Lipinski definition) is 6. The van der Waals surface area contributed by atoms with Gasteiger partial charge in [-0.2, -0.15) is 0 Å². The van der Waals surface area contributed by atoms with Crippen molar-refractivity contribution in [2.24, 2.45) is 13.0 Å². The lowest BCUT2D eigenvalue weighted by Gasteiger charge is -2.30. The fourth-order valence-electron chi connectivity index (χ4n) is 4.98. The molecule has 35 heavy (non-hydrogen) atoms. The van der Waals surface area contributed by atoms with Crippen LogP contribution in [0.25, 0.3) is 28.0 Å². The summed E-state index contributed by atoms with van der Waals surface area (Å²) in [5.74, 6) is 0.784. The Bertz CT molecular complexity index is 1380. The molecule has 3 heterocycles. The second-order valence-electron chi connectivity index (χ2n) is 9.90. The van der Waals surface area contributed by atoms with Gasteiger partial charge in [0.2, 0.25) is 0 Å². The summed E-state index contributed by atoms with van der Waals surface area (Å²) >= 11 is 0. The summed E-state index contributed by atoms with van der Waals surface area (Å²) in [5.41, 5.74) is 4.08. The van der Waals surface area contributed by atoms with E-state index in [1.165, 1.54) is 16.3 Å². The fraction of sp³-hybridized carbons (Fsp3) is 0.370. The standard InChI is InChI=1S/C27H32N5O3/c1-16(2)21-13-22(25(34)14-24(21)33)26-28-29-27(35)32(26)19-5-6-23-18(11-19)12-20(30(23)4)15-31-9-7-17(3)8-10-31/h5-6,11-14,16-17,33-34H,3,7-10,15H2,1-2,4H3,(H,29,35).